The summed E-state index contributed by atoms with van der Waals surface area (Å²) in [4.78, 5) is 2.39. The van der Waals surface area contributed by atoms with E-state index in [4.69, 9.17) is 0 Å². The molecule has 1 saturated heterocycles. The zero-order valence-corrected chi connectivity index (χ0v) is 12.3. The normalized spacial score (nSPS) is 16.0. The van der Waals surface area contributed by atoms with E-state index in [1.54, 1.807) is 6.07 Å². The van der Waals surface area contributed by atoms with Crippen LogP contribution in [-0.4, -0.2) is 19.1 Å². The van der Waals surface area contributed by atoms with Gasteiger partial charge in [-0.2, -0.15) is 0 Å². The highest BCUT2D eigenvalue weighted by Crippen LogP contribution is 2.23. The molecule has 1 N–H and O–H groups in total. The molecule has 0 bridgehead atoms. The molecule has 3 rings (SSSR count). The van der Waals surface area contributed by atoms with E-state index >= 15 is 0 Å². The SMILES string of the molecule is Cc1ccc(F)c(NC2CCN(c3ccccc3)CC2)c1. The molecule has 2 aromatic rings. The van der Waals surface area contributed by atoms with Gasteiger partial charge in [0.25, 0.3) is 0 Å². The first-order valence-electron chi connectivity index (χ1n) is 7.55. The van der Waals surface area contributed by atoms with Crippen LogP contribution in [0.4, 0.5) is 15.8 Å². The highest BCUT2D eigenvalue weighted by Gasteiger charge is 2.20. The lowest BCUT2D eigenvalue weighted by atomic mass is 10.0. The smallest absolute Gasteiger partial charge is 0.146 e. The van der Waals surface area contributed by atoms with Crippen molar-refractivity contribution in [2.45, 2.75) is 25.8 Å². The summed E-state index contributed by atoms with van der Waals surface area (Å²) < 4.78 is 13.8. The van der Waals surface area contributed by atoms with Crippen molar-refractivity contribution in [1.29, 1.82) is 0 Å². The Hall–Kier alpha value is -2.03. The topological polar surface area (TPSA) is 15.3 Å². The van der Waals surface area contributed by atoms with E-state index in [-0.39, 0.29) is 5.82 Å². The van der Waals surface area contributed by atoms with E-state index in [0.717, 1.165) is 31.5 Å². The molecule has 2 nitrogen and oxygen atoms in total. The van der Waals surface area contributed by atoms with Gasteiger partial charge in [0, 0.05) is 24.8 Å². The van der Waals surface area contributed by atoms with Crippen molar-refractivity contribution in [2.75, 3.05) is 23.3 Å². The molecular formula is C18H21FN2. The summed E-state index contributed by atoms with van der Waals surface area (Å²) in [6.45, 7) is 4.01. The molecule has 3 heteroatoms. The van der Waals surface area contributed by atoms with Crippen LogP contribution in [-0.2, 0) is 0 Å². The van der Waals surface area contributed by atoms with E-state index in [9.17, 15) is 4.39 Å². The van der Waals surface area contributed by atoms with E-state index in [0.29, 0.717) is 11.7 Å². The average Bonchev–Trinajstić information content (AvgIpc) is 2.53. The molecule has 2 aromatic carbocycles. The molecule has 1 heterocycles. The van der Waals surface area contributed by atoms with E-state index in [1.807, 2.05) is 19.1 Å². The quantitative estimate of drug-likeness (QED) is 0.908. The monoisotopic (exact) mass is 284 g/mol. The minimum Gasteiger partial charge on any atom is -0.380 e. The number of halogens is 1. The van der Waals surface area contributed by atoms with Crippen LogP contribution in [0.5, 0.6) is 0 Å². The lowest BCUT2D eigenvalue weighted by molar-refractivity contribution is 0.522. The molecule has 0 amide bonds. The summed E-state index contributed by atoms with van der Waals surface area (Å²) in [6, 6.07) is 16.1. The summed E-state index contributed by atoms with van der Waals surface area (Å²) in [5.41, 5.74) is 2.99. The summed E-state index contributed by atoms with van der Waals surface area (Å²) in [6.07, 6.45) is 2.06. The van der Waals surface area contributed by atoms with Gasteiger partial charge >= 0.3 is 0 Å². The fourth-order valence-corrected chi connectivity index (χ4v) is 2.89. The average molecular weight is 284 g/mol. The second kappa shape index (κ2) is 6.17. The van der Waals surface area contributed by atoms with E-state index < -0.39 is 0 Å². The van der Waals surface area contributed by atoms with Crippen molar-refractivity contribution < 1.29 is 4.39 Å². The molecule has 0 unspecified atom stereocenters. The van der Waals surface area contributed by atoms with Crippen LogP contribution in [0.3, 0.4) is 0 Å². The first kappa shape index (κ1) is 13.9. The van der Waals surface area contributed by atoms with Gasteiger partial charge < -0.3 is 10.2 Å². The minimum atomic E-state index is -0.161. The van der Waals surface area contributed by atoms with Crippen molar-refractivity contribution >= 4 is 11.4 Å². The molecule has 0 aliphatic carbocycles. The zero-order valence-electron chi connectivity index (χ0n) is 12.3. The van der Waals surface area contributed by atoms with Gasteiger partial charge in [-0.25, -0.2) is 4.39 Å². The van der Waals surface area contributed by atoms with E-state index in [1.165, 1.54) is 11.8 Å². The van der Waals surface area contributed by atoms with Gasteiger partial charge in [-0.05, 0) is 49.6 Å². The Kier molecular flexibility index (Phi) is 4.09. The Morgan fingerprint density at radius 1 is 1.05 bits per heavy atom. The fourth-order valence-electron chi connectivity index (χ4n) is 2.89. The predicted octanol–water partition coefficient (Wildman–Crippen LogP) is 4.22. The molecule has 1 fully saturated rings. The molecule has 1 aliphatic rings. The van der Waals surface area contributed by atoms with Crippen LogP contribution in [0.25, 0.3) is 0 Å². The summed E-state index contributed by atoms with van der Waals surface area (Å²) in [7, 11) is 0. The number of benzene rings is 2. The largest absolute Gasteiger partial charge is 0.380 e. The van der Waals surface area contributed by atoms with Crippen LogP contribution in [0.15, 0.2) is 48.5 Å². The zero-order chi connectivity index (χ0) is 14.7. The predicted molar refractivity (Wildman–Crippen MR) is 86.4 cm³/mol. The molecule has 0 radical (unpaired) electrons. The molecule has 1 aliphatic heterocycles. The third-order valence-electron chi connectivity index (χ3n) is 4.10. The fraction of sp³-hybridized carbons (Fsp3) is 0.333. The van der Waals surface area contributed by atoms with Crippen LogP contribution in [0.1, 0.15) is 18.4 Å². The van der Waals surface area contributed by atoms with Crippen molar-refractivity contribution in [3.05, 3.63) is 59.9 Å². The molecule has 0 aromatic heterocycles. The van der Waals surface area contributed by atoms with Gasteiger partial charge in [-0.3, -0.25) is 0 Å². The van der Waals surface area contributed by atoms with Gasteiger partial charge in [0.05, 0.1) is 5.69 Å². The van der Waals surface area contributed by atoms with Gasteiger partial charge in [0.15, 0.2) is 0 Å². The third-order valence-corrected chi connectivity index (χ3v) is 4.10. The lowest BCUT2D eigenvalue weighted by Crippen LogP contribution is -2.39. The second-order valence-electron chi connectivity index (χ2n) is 5.72. The lowest BCUT2D eigenvalue weighted by Gasteiger charge is -2.34. The Labute approximate surface area is 125 Å². The van der Waals surface area contributed by atoms with E-state index in [2.05, 4.69) is 34.5 Å². The van der Waals surface area contributed by atoms with Crippen molar-refractivity contribution in [2.24, 2.45) is 0 Å². The summed E-state index contributed by atoms with van der Waals surface area (Å²) in [5, 5.41) is 3.36. The van der Waals surface area contributed by atoms with Crippen LogP contribution >= 0.6 is 0 Å². The maximum atomic E-state index is 13.8. The van der Waals surface area contributed by atoms with Crippen LogP contribution in [0, 0.1) is 12.7 Å². The number of aryl methyl sites for hydroxylation is 1. The number of anilines is 2. The Morgan fingerprint density at radius 2 is 1.76 bits per heavy atom. The molecule has 110 valence electrons. The number of nitrogens with one attached hydrogen (secondary N) is 1. The molecule has 0 atom stereocenters. The van der Waals surface area contributed by atoms with Gasteiger partial charge in [-0.15, -0.1) is 0 Å². The number of para-hydroxylation sites is 1. The van der Waals surface area contributed by atoms with Crippen LogP contribution < -0.4 is 10.2 Å². The second-order valence-corrected chi connectivity index (χ2v) is 5.72. The highest BCUT2D eigenvalue weighted by molar-refractivity contribution is 5.49. The Balaban J connectivity index is 1.60. The molecule has 21 heavy (non-hydrogen) atoms. The maximum Gasteiger partial charge on any atom is 0.146 e. The summed E-state index contributed by atoms with van der Waals surface area (Å²) >= 11 is 0. The number of piperidine rings is 1. The number of hydrogen-bond donors (Lipinski definition) is 1. The summed E-state index contributed by atoms with van der Waals surface area (Å²) in [5.74, 6) is -0.161. The minimum absolute atomic E-state index is 0.161. The van der Waals surface area contributed by atoms with Crippen molar-refractivity contribution in [3.63, 3.8) is 0 Å². The molecule has 0 spiro atoms. The number of rotatable bonds is 3. The van der Waals surface area contributed by atoms with Gasteiger partial charge in [0.1, 0.15) is 5.82 Å². The first-order chi connectivity index (χ1) is 10.2. The highest BCUT2D eigenvalue weighted by atomic mass is 19.1. The van der Waals surface area contributed by atoms with Crippen molar-refractivity contribution in [1.82, 2.24) is 0 Å². The van der Waals surface area contributed by atoms with Gasteiger partial charge in [0.2, 0.25) is 0 Å². The van der Waals surface area contributed by atoms with Crippen molar-refractivity contribution in [3.8, 4) is 0 Å². The van der Waals surface area contributed by atoms with Gasteiger partial charge in [-0.1, -0.05) is 24.3 Å². The number of hydrogen-bond acceptors (Lipinski definition) is 2. The standard InChI is InChI=1S/C18H21FN2/c1-14-7-8-17(19)18(13-14)20-15-9-11-21(12-10-15)16-5-3-2-4-6-16/h2-8,13,15,20H,9-12H2,1H3. The third kappa shape index (κ3) is 3.35. The first-order valence-corrected chi connectivity index (χ1v) is 7.55. The van der Waals surface area contributed by atoms with Crippen LogP contribution in [0.2, 0.25) is 0 Å². The maximum absolute atomic E-state index is 13.8. The molecular weight excluding hydrogens is 263 g/mol. The number of nitrogens with zero attached hydrogens (tertiary/aromatic N) is 1. The Morgan fingerprint density at radius 3 is 2.48 bits per heavy atom. The molecule has 0 saturated carbocycles. The Bertz CT molecular complexity index is 589.